The fourth-order valence-electron chi connectivity index (χ4n) is 4.68. The molecule has 0 amide bonds. The Morgan fingerprint density at radius 3 is 2.33 bits per heavy atom. The van der Waals surface area contributed by atoms with Gasteiger partial charge in [-0.1, -0.05) is 12.1 Å². The lowest BCUT2D eigenvalue weighted by Crippen LogP contribution is -2.33. The summed E-state index contributed by atoms with van der Waals surface area (Å²) in [5.74, 6) is 1.70. The Morgan fingerprint density at radius 2 is 1.70 bits per heavy atom. The number of allylic oxidation sites excluding steroid dienone is 2. The fourth-order valence-corrected chi connectivity index (χ4v) is 4.68. The number of rotatable bonds is 5. The van der Waals surface area contributed by atoms with Crippen molar-refractivity contribution in [3.63, 3.8) is 0 Å². The maximum atomic E-state index is 13.6. The molecule has 8 nitrogen and oxygen atoms in total. The smallest absolute Gasteiger partial charge is 0.226 e. The molecule has 0 radical (unpaired) electrons. The van der Waals surface area contributed by atoms with Crippen molar-refractivity contribution in [1.82, 2.24) is 14.8 Å². The number of methoxy groups -OCH3 is 3. The molecule has 0 spiro atoms. The molecule has 9 heteroatoms. The Bertz CT molecular complexity index is 1230. The summed E-state index contributed by atoms with van der Waals surface area (Å²) in [7, 11) is 4.69. The number of ketones is 1. The third-order valence-corrected chi connectivity index (χ3v) is 6.21. The minimum absolute atomic E-state index is 0.00187. The number of carbonyl (C=O) groups is 1. The molecule has 170 valence electrons. The van der Waals surface area contributed by atoms with Crippen LogP contribution in [0, 0.1) is 5.82 Å². The van der Waals surface area contributed by atoms with Gasteiger partial charge in [0.05, 0.1) is 21.3 Å². The van der Waals surface area contributed by atoms with E-state index in [0.29, 0.717) is 41.6 Å². The molecule has 33 heavy (non-hydrogen) atoms. The van der Waals surface area contributed by atoms with E-state index in [-0.39, 0.29) is 17.5 Å². The molecule has 0 saturated carbocycles. The number of anilines is 1. The quantitative estimate of drug-likeness (QED) is 0.632. The Hall–Kier alpha value is -3.88. The minimum Gasteiger partial charge on any atom is -0.493 e. The van der Waals surface area contributed by atoms with Gasteiger partial charge in [-0.15, -0.1) is 0 Å². The van der Waals surface area contributed by atoms with Crippen LogP contribution in [0.2, 0.25) is 0 Å². The van der Waals surface area contributed by atoms with Crippen LogP contribution in [-0.2, 0) is 4.79 Å². The summed E-state index contributed by atoms with van der Waals surface area (Å²) >= 11 is 0. The molecule has 3 aromatic rings. The van der Waals surface area contributed by atoms with Gasteiger partial charge in [0, 0.05) is 17.7 Å². The second-order valence-corrected chi connectivity index (χ2v) is 7.99. The Labute approximate surface area is 190 Å². The van der Waals surface area contributed by atoms with Gasteiger partial charge in [-0.05, 0) is 47.7 Å². The topological polar surface area (TPSA) is 87.5 Å². The Balaban J connectivity index is 1.57. The number of hydrogen-bond donors (Lipinski definition) is 1. The fraction of sp³-hybridized carbons (Fsp3) is 0.292. The highest BCUT2D eigenvalue weighted by atomic mass is 19.1. The number of nitrogens with zero attached hydrogens (tertiary/aromatic N) is 3. The normalized spacial score (nSPS) is 19.5. The van der Waals surface area contributed by atoms with Gasteiger partial charge in [0.2, 0.25) is 11.7 Å². The molecule has 0 fully saturated rings. The van der Waals surface area contributed by atoms with E-state index < -0.39 is 6.04 Å². The van der Waals surface area contributed by atoms with Crippen molar-refractivity contribution in [2.24, 2.45) is 0 Å². The zero-order valence-electron chi connectivity index (χ0n) is 18.5. The second kappa shape index (κ2) is 8.23. The van der Waals surface area contributed by atoms with Gasteiger partial charge < -0.3 is 19.5 Å². The average molecular weight is 450 g/mol. The van der Waals surface area contributed by atoms with Crippen LogP contribution in [0.3, 0.4) is 0 Å². The molecule has 1 N–H and O–H groups in total. The van der Waals surface area contributed by atoms with Gasteiger partial charge in [0.1, 0.15) is 18.2 Å². The summed E-state index contributed by atoms with van der Waals surface area (Å²) in [6.45, 7) is 0. The third-order valence-electron chi connectivity index (χ3n) is 6.21. The van der Waals surface area contributed by atoms with Crippen LogP contribution in [0.5, 0.6) is 17.2 Å². The number of fused-ring (bicyclic) bond motifs is 1. The van der Waals surface area contributed by atoms with Crippen molar-refractivity contribution in [2.45, 2.75) is 24.8 Å². The van der Waals surface area contributed by atoms with E-state index in [4.69, 9.17) is 14.2 Å². The van der Waals surface area contributed by atoms with Gasteiger partial charge in [0.15, 0.2) is 17.3 Å². The van der Waals surface area contributed by atoms with Gasteiger partial charge in [-0.3, -0.25) is 4.79 Å². The first-order chi connectivity index (χ1) is 16.0. The number of carbonyl (C=O) groups excluding carboxylic acids is 1. The molecule has 1 aromatic heterocycles. The molecule has 2 atom stereocenters. The summed E-state index contributed by atoms with van der Waals surface area (Å²) < 4.78 is 31.6. The molecule has 1 aliphatic heterocycles. The lowest BCUT2D eigenvalue weighted by molar-refractivity contribution is -0.116. The molecule has 2 heterocycles. The predicted molar refractivity (Wildman–Crippen MR) is 118 cm³/mol. The zero-order chi connectivity index (χ0) is 23.1. The van der Waals surface area contributed by atoms with Gasteiger partial charge in [-0.25, -0.2) is 9.07 Å². The van der Waals surface area contributed by atoms with E-state index in [2.05, 4.69) is 15.4 Å². The van der Waals surface area contributed by atoms with Gasteiger partial charge in [-0.2, -0.15) is 10.1 Å². The number of ether oxygens (including phenoxy) is 3. The highest BCUT2D eigenvalue weighted by Crippen LogP contribution is 2.46. The van der Waals surface area contributed by atoms with Crippen LogP contribution in [0.4, 0.5) is 10.3 Å². The first-order valence-electron chi connectivity index (χ1n) is 10.5. The number of Topliss-reactive ketones (excluding diaryl/α,β-unsaturated/α-hetero) is 1. The van der Waals surface area contributed by atoms with Crippen LogP contribution in [0.25, 0.3) is 0 Å². The zero-order valence-corrected chi connectivity index (χ0v) is 18.5. The molecule has 2 aliphatic rings. The molecule has 0 saturated heterocycles. The lowest BCUT2D eigenvalue weighted by Gasteiger charge is -2.35. The summed E-state index contributed by atoms with van der Waals surface area (Å²) in [4.78, 5) is 17.8. The molecule has 5 rings (SSSR count). The van der Waals surface area contributed by atoms with E-state index in [9.17, 15) is 9.18 Å². The SMILES string of the molecule is COc1cc([C@@H]2CC(=O)C3=C(C2)Nc2ncnn2[C@H]3c2ccc(F)cc2)cc(OC)c1OC. The monoisotopic (exact) mass is 450 g/mol. The summed E-state index contributed by atoms with van der Waals surface area (Å²) in [5, 5.41) is 7.61. The van der Waals surface area contributed by atoms with Gasteiger partial charge in [0.25, 0.3) is 0 Å². The van der Waals surface area contributed by atoms with E-state index in [1.807, 2.05) is 12.1 Å². The van der Waals surface area contributed by atoms with Crippen molar-refractivity contribution >= 4 is 11.7 Å². The number of hydrogen-bond acceptors (Lipinski definition) is 7. The third kappa shape index (κ3) is 3.49. The largest absolute Gasteiger partial charge is 0.493 e. The van der Waals surface area contributed by atoms with Crippen molar-refractivity contribution in [1.29, 1.82) is 0 Å². The summed E-state index contributed by atoms with van der Waals surface area (Å²) in [6.07, 6.45) is 2.34. The molecular weight excluding hydrogens is 427 g/mol. The molecular formula is C24H23FN4O4. The molecule has 1 aliphatic carbocycles. The number of halogens is 1. The Morgan fingerprint density at radius 1 is 1.00 bits per heavy atom. The average Bonchev–Trinajstić information content (AvgIpc) is 3.30. The first kappa shape index (κ1) is 21.0. The van der Waals surface area contributed by atoms with Crippen molar-refractivity contribution in [3.05, 3.63) is 70.9 Å². The van der Waals surface area contributed by atoms with Crippen molar-refractivity contribution < 1.29 is 23.4 Å². The first-order valence-corrected chi connectivity index (χ1v) is 10.5. The number of nitrogens with one attached hydrogen (secondary N) is 1. The minimum atomic E-state index is -0.465. The van der Waals surface area contributed by atoms with Crippen LogP contribution in [0.15, 0.2) is 54.0 Å². The van der Waals surface area contributed by atoms with Crippen LogP contribution in [-0.4, -0.2) is 41.9 Å². The van der Waals surface area contributed by atoms with Gasteiger partial charge >= 0.3 is 0 Å². The molecule has 0 unspecified atom stereocenters. The number of benzene rings is 2. The summed E-state index contributed by atoms with van der Waals surface area (Å²) in [5.41, 5.74) is 3.11. The van der Waals surface area contributed by atoms with Crippen LogP contribution >= 0.6 is 0 Å². The molecule has 0 bridgehead atoms. The Kier molecular flexibility index (Phi) is 5.24. The maximum Gasteiger partial charge on any atom is 0.226 e. The predicted octanol–water partition coefficient (Wildman–Crippen LogP) is 3.86. The van der Waals surface area contributed by atoms with E-state index >= 15 is 0 Å². The van der Waals surface area contributed by atoms with Crippen LogP contribution < -0.4 is 19.5 Å². The lowest BCUT2D eigenvalue weighted by atomic mass is 9.77. The number of aromatic nitrogens is 3. The molecule has 2 aromatic carbocycles. The second-order valence-electron chi connectivity index (χ2n) is 7.99. The standard InChI is InChI=1S/C24H23FN4O4/c1-31-19-10-15(11-20(32-2)23(19)33-3)14-8-17-21(18(30)9-14)22(13-4-6-16(25)7-5-13)29-24(28-17)26-12-27-29/h4-7,10-12,14,22H,8-9H2,1-3H3,(H,26,27,28)/t14-,22-/m0/s1. The van der Waals surface area contributed by atoms with E-state index in [1.165, 1.54) is 18.5 Å². The van der Waals surface area contributed by atoms with Crippen LogP contribution in [0.1, 0.15) is 35.9 Å². The van der Waals surface area contributed by atoms with E-state index in [0.717, 1.165) is 16.8 Å². The van der Waals surface area contributed by atoms with Crippen molar-refractivity contribution in [3.8, 4) is 17.2 Å². The highest BCUT2D eigenvalue weighted by Gasteiger charge is 2.39. The van der Waals surface area contributed by atoms with E-state index in [1.54, 1.807) is 38.1 Å². The highest BCUT2D eigenvalue weighted by molar-refractivity contribution is 6.00. The van der Waals surface area contributed by atoms with Crippen molar-refractivity contribution in [2.75, 3.05) is 26.6 Å². The summed E-state index contributed by atoms with van der Waals surface area (Å²) in [6, 6.07) is 9.44. The maximum absolute atomic E-state index is 13.6.